The van der Waals surface area contributed by atoms with Crippen molar-refractivity contribution in [3.63, 3.8) is 0 Å². The number of nitrogens with zero attached hydrogens (tertiary/aromatic N) is 2. The van der Waals surface area contributed by atoms with Gasteiger partial charge in [-0.1, -0.05) is 13.8 Å². The highest BCUT2D eigenvalue weighted by Crippen LogP contribution is 2.50. The second kappa shape index (κ2) is 9.66. The predicted molar refractivity (Wildman–Crippen MR) is 126 cm³/mol. The molecule has 0 unspecified atom stereocenters. The van der Waals surface area contributed by atoms with Crippen LogP contribution < -0.4 is 20.7 Å². The van der Waals surface area contributed by atoms with Crippen molar-refractivity contribution in [3.05, 3.63) is 17.3 Å². The van der Waals surface area contributed by atoms with Crippen molar-refractivity contribution >= 4 is 17.5 Å². The summed E-state index contributed by atoms with van der Waals surface area (Å²) in [5.41, 5.74) is 4.44. The van der Waals surface area contributed by atoms with Gasteiger partial charge in [-0.3, -0.25) is 14.0 Å². The van der Waals surface area contributed by atoms with E-state index in [-0.39, 0.29) is 49.5 Å². The van der Waals surface area contributed by atoms with Gasteiger partial charge in [0.2, 0.25) is 11.8 Å². The second-order valence-electron chi connectivity index (χ2n) is 10.1. The first kappa shape index (κ1) is 24.7. The molecule has 0 aromatic carbocycles. The predicted octanol–water partition coefficient (Wildman–Crippen LogP) is 3.44. The molecule has 0 bridgehead atoms. The minimum absolute atomic E-state index is 0.00637. The molecule has 3 fully saturated rings. The van der Waals surface area contributed by atoms with E-state index in [1.54, 1.807) is 6.07 Å². The Morgan fingerprint density at radius 1 is 1.26 bits per heavy atom. The number of carbonyl (C=O) groups excluding carboxylic acids is 2. The van der Waals surface area contributed by atoms with Gasteiger partial charge < -0.3 is 20.7 Å². The minimum atomic E-state index is -1.22. The molecule has 1 aromatic heterocycles. The van der Waals surface area contributed by atoms with Gasteiger partial charge in [-0.05, 0) is 62.8 Å². The molecule has 2 heterocycles. The van der Waals surface area contributed by atoms with Crippen molar-refractivity contribution < 1.29 is 23.1 Å². The molecule has 9 heteroatoms. The summed E-state index contributed by atoms with van der Waals surface area (Å²) in [6.45, 7) is 4.35. The summed E-state index contributed by atoms with van der Waals surface area (Å²) in [6.07, 6.45) is 4.99. The van der Waals surface area contributed by atoms with E-state index in [9.17, 15) is 14.0 Å². The number of alkyl halides is 2. The average molecular weight is 479 g/mol. The quantitative estimate of drug-likeness (QED) is 0.423. The number of nitrogens with two attached hydrogens (primary N) is 1. The number of amides is 2. The lowest BCUT2D eigenvalue weighted by atomic mass is 9.73. The lowest BCUT2D eigenvalue weighted by Gasteiger charge is -2.47. The number of hydrogen-bond acceptors (Lipinski definition) is 5. The molecule has 34 heavy (non-hydrogen) atoms. The van der Waals surface area contributed by atoms with Gasteiger partial charge in [0.15, 0.2) is 0 Å². The topological polar surface area (TPSA) is 97.6 Å². The largest absolute Gasteiger partial charge is 0.476 e. The summed E-state index contributed by atoms with van der Waals surface area (Å²) in [6, 6.07) is 1.75. The SMILES string of the molecule is CCC(CC)(C(=O)NCCCF)c1cc(N2CC(F)(C3CC3)C2)c(OCC2CC2)nc1C(N)=O. The van der Waals surface area contributed by atoms with Crippen molar-refractivity contribution in [2.75, 3.05) is 37.8 Å². The number of halogens is 2. The first-order chi connectivity index (χ1) is 16.3. The molecular weight excluding hydrogens is 442 g/mol. The Morgan fingerprint density at radius 3 is 2.47 bits per heavy atom. The number of rotatable bonds is 13. The van der Waals surface area contributed by atoms with Gasteiger partial charge in [-0.2, -0.15) is 0 Å². The van der Waals surface area contributed by atoms with E-state index in [4.69, 9.17) is 10.5 Å². The molecule has 1 aliphatic heterocycles. The van der Waals surface area contributed by atoms with E-state index in [2.05, 4.69) is 10.3 Å². The Kier molecular flexibility index (Phi) is 7.01. The zero-order chi connectivity index (χ0) is 24.5. The Balaban J connectivity index is 1.73. The highest BCUT2D eigenvalue weighted by molar-refractivity contribution is 5.98. The fraction of sp³-hybridized carbons (Fsp3) is 0.720. The molecule has 2 saturated carbocycles. The van der Waals surface area contributed by atoms with E-state index in [0.29, 0.717) is 36.6 Å². The summed E-state index contributed by atoms with van der Waals surface area (Å²) < 4.78 is 33.8. The fourth-order valence-corrected chi connectivity index (χ4v) is 4.98. The minimum Gasteiger partial charge on any atom is -0.476 e. The first-order valence-corrected chi connectivity index (χ1v) is 12.5. The number of ether oxygens (including phenoxy) is 1. The Hall–Kier alpha value is -2.45. The van der Waals surface area contributed by atoms with Crippen molar-refractivity contribution in [2.45, 2.75) is 69.9 Å². The van der Waals surface area contributed by atoms with Gasteiger partial charge >= 0.3 is 0 Å². The van der Waals surface area contributed by atoms with Crippen LogP contribution in [0.4, 0.5) is 14.5 Å². The molecule has 0 atom stereocenters. The molecule has 3 aliphatic rings. The number of anilines is 1. The molecule has 1 saturated heterocycles. The van der Waals surface area contributed by atoms with Crippen LogP contribution in [0.5, 0.6) is 5.88 Å². The third kappa shape index (κ3) is 4.70. The van der Waals surface area contributed by atoms with Crippen LogP contribution in [-0.4, -0.2) is 55.4 Å². The maximum atomic E-state index is 15.2. The van der Waals surface area contributed by atoms with Crippen LogP contribution >= 0.6 is 0 Å². The van der Waals surface area contributed by atoms with Crippen molar-refractivity contribution in [3.8, 4) is 5.88 Å². The standard InChI is InChI=1S/C25H36F2N4O3/c1-3-24(4-2,23(33)29-11-5-10-26)18-12-19(31-14-25(27,15-31)17-8-9-17)22(30-20(18)21(28)32)34-13-16-6-7-16/h12,16-17H,3-11,13-15H2,1-2H3,(H2,28,32)(H,29,33). The molecule has 2 amide bonds. The van der Waals surface area contributed by atoms with Crippen molar-refractivity contribution in [1.82, 2.24) is 10.3 Å². The highest BCUT2D eigenvalue weighted by atomic mass is 19.1. The number of hydrogen-bond donors (Lipinski definition) is 2. The Morgan fingerprint density at radius 2 is 1.94 bits per heavy atom. The molecule has 7 nitrogen and oxygen atoms in total. The first-order valence-electron chi connectivity index (χ1n) is 12.5. The lowest BCUT2D eigenvalue weighted by Crippen LogP contribution is -2.60. The van der Waals surface area contributed by atoms with Crippen molar-refractivity contribution in [1.29, 1.82) is 0 Å². The van der Waals surface area contributed by atoms with Crippen LogP contribution in [0, 0.1) is 11.8 Å². The lowest BCUT2D eigenvalue weighted by molar-refractivity contribution is -0.127. The Labute approximate surface area is 199 Å². The zero-order valence-corrected chi connectivity index (χ0v) is 20.2. The van der Waals surface area contributed by atoms with E-state index >= 15 is 4.39 Å². The number of aromatic nitrogens is 1. The number of carbonyl (C=O) groups is 2. The zero-order valence-electron chi connectivity index (χ0n) is 20.2. The molecule has 2 aliphatic carbocycles. The van der Waals surface area contributed by atoms with E-state index in [1.807, 2.05) is 18.7 Å². The van der Waals surface area contributed by atoms with Crippen LogP contribution in [0.2, 0.25) is 0 Å². The number of primary amides is 1. The third-order valence-electron chi connectivity index (χ3n) is 7.67. The molecule has 188 valence electrons. The number of nitrogens with one attached hydrogen (secondary N) is 1. The van der Waals surface area contributed by atoms with Crippen LogP contribution in [0.15, 0.2) is 6.07 Å². The van der Waals surface area contributed by atoms with Crippen LogP contribution in [0.3, 0.4) is 0 Å². The van der Waals surface area contributed by atoms with E-state index in [1.165, 1.54) is 0 Å². The molecule has 3 N–H and O–H groups in total. The van der Waals surface area contributed by atoms with Crippen LogP contribution in [0.25, 0.3) is 0 Å². The summed E-state index contributed by atoms with van der Waals surface area (Å²) in [4.78, 5) is 32.2. The normalized spacial score (nSPS) is 19.5. The summed E-state index contributed by atoms with van der Waals surface area (Å²) >= 11 is 0. The maximum absolute atomic E-state index is 15.2. The monoisotopic (exact) mass is 478 g/mol. The molecule has 4 rings (SSSR count). The van der Waals surface area contributed by atoms with Gasteiger partial charge in [0.1, 0.15) is 17.1 Å². The number of pyridine rings is 1. The van der Waals surface area contributed by atoms with Gasteiger partial charge in [0.25, 0.3) is 5.91 Å². The summed E-state index contributed by atoms with van der Waals surface area (Å²) in [5.74, 6) is -0.220. The second-order valence-corrected chi connectivity index (χ2v) is 10.1. The van der Waals surface area contributed by atoms with Crippen LogP contribution in [-0.2, 0) is 10.2 Å². The Bertz CT molecular complexity index is 923. The molecule has 1 aromatic rings. The van der Waals surface area contributed by atoms with Gasteiger partial charge in [0, 0.05) is 12.1 Å². The summed E-state index contributed by atoms with van der Waals surface area (Å²) in [7, 11) is 0. The smallest absolute Gasteiger partial charge is 0.267 e. The van der Waals surface area contributed by atoms with Gasteiger partial charge in [-0.25, -0.2) is 9.37 Å². The van der Waals surface area contributed by atoms with Gasteiger partial charge in [-0.15, -0.1) is 0 Å². The molecule has 0 spiro atoms. The van der Waals surface area contributed by atoms with E-state index in [0.717, 1.165) is 25.7 Å². The molecular formula is C25H36F2N4O3. The van der Waals surface area contributed by atoms with Crippen LogP contribution in [0.1, 0.15) is 74.8 Å². The highest BCUT2D eigenvalue weighted by Gasteiger charge is 2.55. The third-order valence-corrected chi connectivity index (χ3v) is 7.67. The summed E-state index contributed by atoms with van der Waals surface area (Å²) in [5, 5.41) is 2.80. The van der Waals surface area contributed by atoms with Crippen molar-refractivity contribution in [2.24, 2.45) is 17.6 Å². The average Bonchev–Trinajstić information content (AvgIpc) is 3.70. The maximum Gasteiger partial charge on any atom is 0.267 e. The fourth-order valence-electron chi connectivity index (χ4n) is 4.98. The van der Waals surface area contributed by atoms with Gasteiger partial charge in [0.05, 0.1) is 31.8 Å². The van der Waals surface area contributed by atoms with E-state index < -0.39 is 23.7 Å². The molecule has 0 radical (unpaired) electrons.